The fourth-order valence-corrected chi connectivity index (χ4v) is 4.33. The minimum atomic E-state index is -0.142. The van der Waals surface area contributed by atoms with E-state index < -0.39 is 0 Å². The Bertz CT molecular complexity index is 1330. The maximum atomic E-state index is 12.6. The van der Waals surface area contributed by atoms with E-state index >= 15 is 0 Å². The second-order valence-corrected chi connectivity index (χ2v) is 8.83. The molecule has 1 heterocycles. The van der Waals surface area contributed by atoms with Crippen LogP contribution in [0.4, 0.5) is 0 Å². The first kappa shape index (κ1) is 26.9. The highest BCUT2D eigenvalue weighted by Gasteiger charge is 2.12. The van der Waals surface area contributed by atoms with Crippen molar-refractivity contribution in [3.05, 3.63) is 78.1 Å². The molecule has 3 aromatic carbocycles. The van der Waals surface area contributed by atoms with Crippen LogP contribution < -0.4 is 24.3 Å². The molecule has 38 heavy (non-hydrogen) atoms. The summed E-state index contributed by atoms with van der Waals surface area (Å²) in [7, 11) is 4.78. The molecule has 1 N–H and O–H groups in total. The number of amides is 1. The number of carbonyl (C=O) groups is 1. The van der Waals surface area contributed by atoms with Crippen LogP contribution >= 0.6 is 0 Å². The van der Waals surface area contributed by atoms with Crippen LogP contribution in [0.15, 0.2) is 66.7 Å². The van der Waals surface area contributed by atoms with Gasteiger partial charge in [0, 0.05) is 25.1 Å². The van der Waals surface area contributed by atoms with Crippen molar-refractivity contribution in [3.8, 4) is 23.0 Å². The lowest BCUT2D eigenvalue weighted by Crippen LogP contribution is -2.25. The normalized spacial score (nSPS) is 10.8. The van der Waals surface area contributed by atoms with E-state index in [-0.39, 0.29) is 5.91 Å². The van der Waals surface area contributed by atoms with Crippen molar-refractivity contribution in [2.24, 2.45) is 0 Å². The summed E-state index contributed by atoms with van der Waals surface area (Å²) in [5, 5.41) is 3.00. The molecular weight excluding hydrogens is 482 g/mol. The van der Waals surface area contributed by atoms with Gasteiger partial charge in [0.2, 0.25) is 0 Å². The largest absolute Gasteiger partial charge is 0.497 e. The number of unbranched alkanes of at least 4 members (excludes halogenated alkanes) is 1. The number of aromatic nitrogens is 2. The van der Waals surface area contributed by atoms with Crippen molar-refractivity contribution >= 4 is 16.9 Å². The number of rotatable bonds is 14. The van der Waals surface area contributed by atoms with E-state index in [9.17, 15) is 4.79 Å². The van der Waals surface area contributed by atoms with Crippen LogP contribution in [-0.4, -0.2) is 49.9 Å². The number of fused-ring (bicyclic) bond motifs is 1. The van der Waals surface area contributed by atoms with Gasteiger partial charge in [-0.05, 0) is 73.9 Å². The van der Waals surface area contributed by atoms with E-state index in [2.05, 4.69) is 16.0 Å². The lowest BCUT2D eigenvalue weighted by molar-refractivity contribution is 0.0952. The molecule has 0 aliphatic rings. The van der Waals surface area contributed by atoms with Crippen LogP contribution in [0.3, 0.4) is 0 Å². The molecule has 0 atom stereocenters. The van der Waals surface area contributed by atoms with Gasteiger partial charge in [0.05, 0.1) is 39.0 Å². The van der Waals surface area contributed by atoms with E-state index in [1.165, 1.54) is 0 Å². The predicted molar refractivity (Wildman–Crippen MR) is 148 cm³/mol. The maximum absolute atomic E-state index is 12.6. The fourth-order valence-electron chi connectivity index (χ4n) is 4.33. The second-order valence-electron chi connectivity index (χ2n) is 8.83. The van der Waals surface area contributed by atoms with Gasteiger partial charge in [0.1, 0.15) is 17.3 Å². The summed E-state index contributed by atoms with van der Waals surface area (Å²) in [5.74, 6) is 3.67. The molecule has 0 saturated carbocycles. The molecule has 8 heteroatoms. The molecule has 200 valence electrons. The topological polar surface area (TPSA) is 83.8 Å². The molecule has 0 spiro atoms. The monoisotopic (exact) mass is 517 g/mol. The Hall–Kier alpha value is -4.20. The van der Waals surface area contributed by atoms with Gasteiger partial charge in [0.15, 0.2) is 11.5 Å². The number of imidazole rings is 1. The SMILES string of the molecule is COc1ccc(OCCCCn2c(CCCNC(=O)c3ccc(OC)c(OC)c3)nc3ccccc32)cc1. The average molecular weight is 518 g/mol. The van der Waals surface area contributed by atoms with E-state index in [4.69, 9.17) is 23.9 Å². The molecule has 4 aromatic rings. The van der Waals surface area contributed by atoms with Crippen molar-refractivity contribution in [1.82, 2.24) is 14.9 Å². The third-order valence-corrected chi connectivity index (χ3v) is 6.35. The molecule has 4 rings (SSSR count). The fraction of sp³-hybridized carbons (Fsp3) is 0.333. The molecule has 1 amide bonds. The molecule has 0 fully saturated rings. The lowest BCUT2D eigenvalue weighted by Gasteiger charge is -2.11. The molecule has 0 saturated heterocycles. The van der Waals surface area contributed by atoms with E-state index in [0.717, 1.165) is 60.6 Å². The Labute approximate surface area is 223 Å². The van der Waals surface area contributed by atoms with Crippen LogP contribution in [-0.2, 0) is 13.0 Å². The molecule has 0 unspecified atom stereocenters. The average Bonchev–Trinajstić information content (AvgIpc) is 3.32. The number of hydrogen-bond donors (Lipinski definition) is 1. The van der Waals surface area contributed by atoms with Crippen LogP contribution in [0.5, 0.6) is 23.0 Å². The van der Waals surface area contributed by atoms with Gasteiger partial charge in [-0.2, -0.15) is 0 Å². The summed E-state index contributed by atoms with van der Waals surface area (Å²) >= 11 is 0. The van der Waals surface area contributed by atoms with E-state index in [1.54, 1.807) is 39.5 Å². The van der Waals surface area contributed by atoms with Crippen molar-refractivity contribution in [2.45, 2.75) is 32.2 Å². The maximum Gasteiger partial charge on any atom is 0.251 e. The third kappa shape index (κ3) is 6.76. The number of nitrogens with zero attached hydrogens (tertiary/aromatic N) is 2. The van der Waals surface area contributed by atoms with Crippen LogP contribution in [0.2, 0.25) is 0 Å². The van der Waals surface area contributed by atoms with Crippen molar-refractivity contribution < 1.29 is 23.7 Å². The minimum absolute atomic E-state index is 0.142. The van der Waals surface area contributed by atoms with Crippen LogP contribution in [0.25, 0.3) is 11.0 Å². The highest BCUT2D eigenvalue weighted by molar-refractivity contribution is 5.94. The number of benzene rings is 3. The summed E-state index contributed by atoms with van der Waals surface area (Å²) in [6, 6.07) is 21.0. The van der Waals surface area contributed by atoms with E-state index in [0.29, 0.717) is 30.2 Å². The second kappa shape index (κ2) is 13.4. The van der Waals surface area contributed by atoms with Gasteiger partial charge in [-0.25, -0.2) is 4.98 Å². The number of nitrogens with one attached hydrogen (secondary N) is 1. The zero-order valence-corrected chi connectivity index (χ0v) is 22.2. The van der Waals surface area contributed by atoms with Crippen molar-refractivity contribution in [1.29, 1.82) is 0 Å². The Kier molecular flexibility index (Phi) is 9.45. The van der Waals surface area contributed by atoms with E-state index in [1.807, 2.05) is 42.5 Å². The van der Waals surface area contributed by atoms with Crippen molar-refractivity contribution in [2.75, 3.05) is 34.5 Å². The summed E-state index contributed by atoms with van der Waals surface area (Å²) in [6.45, 7) is 2.06. The van der Waals surface area contributed by atoms with Gasteiger partial charge in [-0.1, -0.05) is 12.1 Å². The first-order chi connectivity index (χ1) is 18.6. The predicted octanol–water partition coefficient (Wildman–Crippen LogP) is 5.28. The highest BCUT2D eigenvalue weighted by Crippen LogP contribution is 2.27. The molecular formula is C30H35N3O5. The summed E-state index contributed by atoms with van der Waals surface area (Å²) in [6.07, 6.45) is 3.45. The van der Waals surface area contributed by atoms with Crippen LogP contribution in [0.1, 0.15) is 35.4 Å². The standard InChI is InChI=1S/C30H35N3O5/c1-35-23-13-15-24(16-14-23)38-20-7-6-19-33-26-10-5-4-9-25(26)32-29(33)11-8-18-31-30(34)22-12-17-27(36-2)28(21-22)37-3/h4-5,9-10,12-17,21H,6-8,11,18-20H2,1-3H3,(H,31,34). The van der Waals surface area contributed by atoms with Crippen LogP contribution in [0, 0.1) is 0 Å². The summed E-state index contributed by atoms with van der Waals surface area (Å²) < 4.78 is 23.9. The molecule has 0 aliphatic heterocycles. The Morgan fingerprint density at radius 2 is 1.61 bits per heavy atom. The Morgan fingerprint density at radius 3 is 2.37 bits per heavy atom. The number of para-hydroxylation sites is 2. The minimum Gasteiger partial charge on any atom is -0.497 e. The summed E-state index contributed by atoms with van der Waals surface area (Å²) in [4.78, 5) is 17.5. The number of methoxy groups -OCH3 is 3. The number of carbonyl (C=O) groups excluding carboxylic acids is 1. The molecule has 0 bridgehead atoms. The van der Waals surface area contributed by atoms with Gasteiger partial charge in [-0.15, -0.1) is 0 Å². The number of aryl methyl sites for hydroxylation is 2. The van der Waals surface area contributed by atoms with Gasteiger partial charge >= 0.3 is 0 Å². The lowest BCUT2D eigenvalue weighted by atomic mass is 10.2. The number of hydrogen-bond acceptors (Lipinski definition) is 6. The number of ether oxygens (including phenoxy) is 4. The Morgan fingerprint density at radius 1 is 0.842 bits per heavy atom. The zero-order valence-electron chi connectivity index (χ0n) is 22.2. The van der Waals surface area contributed by atoms with Crippen molar-refractivity contribution in [3.63, 3.8) is 0 Å². The van der Waals surface area contributed by atoms with Gasteiger partial charge in [0.25, 0.3) is 5.91 Å². The first-order valence-corrected chi connectivity index (χ1v) is 12.8. The smallest absolute Gasteiger partial charge is 0.251 e. The molecule has 8 nitrogen and oxygen atoms in total. The molecule has 0 aliphatic carbocycles. The molecule has 0 radical (unpaired) electrons. The van der Waals surface area contributed by atoms with Gasteiger partial charge in [-0.3, -0.25) is 4.79 Å². The first-order valence-electron chi connectivity index (χ1n) is 12.8. The van der Waals surface area contributed by atoms with Gasteiger partial charge < -0.3 is 28.8 Å². The highest BCUT2D eigenvalue weighted by atomic mass is 16.5. The zero-order chi connectivity index (χ0) is 26.7. The third-order valence-electron chi connectivity index (χ3n) is 6.35. The quantitative estimate of drug-likeness (QED) is 0.229. The summed E-state index contributed by atoms with van der Waals surface area (Å²) in [5.41, 5.74) is 2.66. The molecule has 1 aromatic heterocycles. The Balaban J connectivity index is 1.28.